The van der Waals surface area contributed by atoms with Gasteiger partial charge in [-0.05, 0) is 18.6 Å². The Morgan fingerprint density at radius 3 is 2.65 bits per heavy atom. The molecule has 4 heterocycles. The molecule has 3 saturated heterocycles. The molecule has 0 aliphatic carbocycles. The van der Waals surface area contributed by atoms with Gasteiger partial charge in [0.15, 0.2) is 5.92 Å². The Morgan fingerprint density at radius 1 is 1.27 bits per heavy atom. The van der Waals surface area contributed by atoms with Gasteiger partial charge in [-0.2, -0.15) is 18.4 Å². The molecule has 1 aromatic heterocycles. The molecule has 0 radical (unpaired) electrons. The predicted octanol–water partition coefficient (Wildman–Crippen LogP) is -0.408. The van der Waals surface area contributed by atoms with Crippen molar-refractivity contribution in [2.45, 2.75) is 37.2 Å². The van der Waals surface area contributed by atoms with Gasteiger partial charge in [0.2, 0.25) is 11.8 Å². The third-order valence-electron chi connectivity index (χ3n) is 7.16. The highest BCUT2D eigenvalue weighted by atomic mass is 19.4. The van der Waals surface area contributed by atoms with Gasteiger partial charge in [-0.25, -0.2) is 10.4 Å². The molecule has 4 N–H and O–H groups in total. The third-order valence-corrected chi connectivity index (χ3v) is 7.16. The summed E-state index contributed by atoms with van der Waals surface area (Å²) in [5.41, 5.74) is 10.9. The molecule has 0 saturated carbocycles. The largest absolute Gasteiger partial charge is 0.402 e. The molecule has 4 rings (SSSR count). The fourth-order valence-corrected chi connectivity index (χ4v) is 5.24. The highest BCUT2D eigenvalue weighted by molar-refractivity contribution is 5.80. The summed E-state index contributed by atoms with van der Waals surface area (Å²) < 4.78 is 46.7. The van der Waals surface area contributed by atoms with Crippen LogP contribution in [-0.4, -0.2) is 103 Å². The van der Waals surface area contributed by atoms with Crippen molar-refractivity contribution < 1.29 is 27.5 Å². The van der Waals surface area contributed by atoms with Crippen LogP contribution in [0.5, 0.6) is 0 Å². The van der Waals surface area contributed by atoms with E-state index >= 15 is 0 Å². The summed E-state index contributed by atoms with van der Waals surface area (Å²) in [5, 5.41) is 8.90. The molecule has 14 heteroatoms. The lowest BCUT2D eigenvalue weighted by Gasteiger charge is -2.40. The Kier molecular flexibility index (Phi) is 8.48. The van der Waals surface area contributed by atoms with Crippen LogP contribution in [-0.2, 0) is 14.3 Å². The second-order valence-corrected chi connectivity index (χ2v) is 9.41. The van der Waals surface area contributed by atoms with Crippen LogP contribution >= 0.6 is 0 Å². The first-order valence-corrected chi connectivity index (χ1v) is 12.3. The molecule has 2 unspecified atom stereocenters. The van der Waals surface area contributed by atoms with Crippen LogP contribution in [0.15, 0.2) is 18.3 Å². The fourth-order valence-electron chi connectivity index (χ4n) is 5.24. The number of alkyl halides is 3. The molecular weight excluding hydrogens is 493 g/mol. The van der Waals surface area contributed by atoms with E-state index in [9.17, 15) is 22.8 Å². The zero-order chi connectivity index (χ0) is 26.6. The first-order chi connectivity index (χ1) is 17.7. The number of amides is 2. The summed E-state index contributed by atoms with van der Waals surface area (Å²) in [6.45, 7) is 2.73. The van der Waals surface area contributed by atoms with Crippen LogP contribution in [0, 0.1) is 17.2 Å². The lowest BCUT2D eigenvalue weighted by atomic mass is 9.94. The number of rotatable bonds is 7. The second kappa shape index (κ2) is 11.6. The van der Waals surface area contributed by atoms with Gasteiger partial charge in [0.1, 0.15) is 11.9 Å². The summed E-state index contributed by atoms with van der Waals surface area (Å²) >= 11 is 0. The smallest absolute Gasteiger partial charge is 0.376 e. The fraction of sp³-hybridized carbons (Fsp3) is 0.652. The molecule has 37 heavy (non-hydrogen) atoms. The summed E-state index contributed by atoms with van der Waals surface area (Å²) in [4.78, 5) is 34.4. The van der Waals surface area contributed by atoms with E-state index in [1.807, 2.05) is 6.07 Å². The van der Waals surface area contributed by atoms with Gasteiger partial charge in [0, 0.05) is 64.1 Å². The molecule has 0 spiro atoms. The Morgan fingerprint density at radius 2 is 2.03 bits per heavy atom. The van der Waals surface area contributed by atoms with Crippen LogP contribution in [0.25, 0.3) is 0 Å². The number of carbonyl (C=O) groups excluding carboxylic acids is 2. The average molecular weight is 525 g/mol. The van der Waals surface area contributed by atoms with Crippen LogP contribution < -0.4 is 21.5 Å². The molecule has 3 fully saturated rings. The minimum Gasteiger partial charge on any atom is -0.376 e. The minimum atomic E-state index is -4.68. The number of anilines is 1. The Bertz CT molecular complexity index is 994. The van der Waals surface area contributed by atoms with Crippen molar-refractivity contribution in [2.75, 3.05) is 57.3 Å². The van der Waals surface area contributed by atoms with Gasteiger partial charge >= 0.3 is 6.18 Å². The van der Waals surface area contributed by atoms with Crippen LogP contribution in [0.4, 0.5) is 19.0 Å². The van der Waals surface area contributed by atoms with E-state index in [4.69, 9.17) is 15.7 Å². The van der Waals surface area contributed by atoms with Crippen LogP contribution in [0.2, 0.25) is 0 Å². The Balaban J connectivity index is 1.24. The summed E-state index contributed by atoms with van der Waals surface area (Å²) in [6.07, 6.45) is -2.94. The first kappa shape index (κ1) is 27.1. The third kappa shape index (κ3) is 6.30. The molecule has 2 amide bonds. The number of nitrogens with two attached hydrogens (primary N) is 1. The van der Waals surface area contributed by atoms with Gasteiger partial charge in [-0.1, -0.05) is 0 Å². The number of hydrogen-bond acceptors (Lipinski definition) is 9. The Labute approximate surface area is 212 Å². The molecule has 3 aliphatic heterocycles. The number of ether oxygens (including phenoxy) is 1. The van der Waals surface area contributed by atoms with Crippen molar-refractivity contribution in [3.8, 4) is 6.07 Å². The molecule has 202 valence electrons. The van der Waals surface area contributed by atoms with E-state index in [2.05, 4.69) is 20.7 Å². The van der Waals surface area contributed by atoms with Crippen LogP contribution in [0.1, 0.15) is 18.4 Å². The van der Waals surface area contributed by atoms with Crippen molar-refractivity contribution in [3.05, 3.63) is 23.9 Å². The van der Waals surface area contributed by atoms with E-state index in [0.29, 0.717) is 38.2 Å². The molecule has 1 aromatic rings. The van der Waals surface area contributed by atoms with E-state index < -0.39 is 24.0 Å². The lowest BCUT2D eigenvalue weighted by Crippen LogP contribution is -2.65. The van der Waals surface area contributed by atoms with Crippen molar-refractivity contribution in [2.24, 2.45) is 11.7 Å². The molecule has 3 aliphatic rings. The molecule has 0 aromatic carbocycles. The van der Waals surface area contributed by atoms with Gasteiger partial charge in [-0.3, -0.25) is 19.9 Å². The number of pyridine rings is 1. The number of hydrazine groups is 1. The average Bonchev–Trinajstić information content (AvgIpc) is 3.31. The van der Waals surface area contributed by atoms with Gasteiger partial charge in [-0.15, -0.1) is 0 Å². The number of hydrogen-bond donors (Lipinski definition) is 3. The number of halogens is 3. The van der Waals surface area contributed by atoms with Crippen molar-refractivity contribution in [1.82, 2.24) is 25.6 Å². The van der Waals surface area contributed by atoms with E-state index in [0.717, 1.165) is 5.82 Å². The highest BCUT2D eigenvalue weighted by Crippen LogP contribution is 2.35. The molecular formula is C23H31F3N8O3. The van der Waals surface area contributed by atoms with E-state index in [-0.39, 0.29) is 50.7 Å². The number of piperazine rings is 1. The summed E-state index contributed by atoms with van der Waals surface area (Å²) in [5.74, 6) is -2.55. The highest BCUT2D eigenvalue weighted by Gasteiger charge is 2.55. The number of likely N-dealkylation sites (tertiary alicyclic amines) is 1. The number of carbonyl (C=O) groups is 2. The summed E-state index contributed by atoms with van der Waals surface area (Å²) in [6, 6.07) is 4.09. The SMILES string of the molecule is N#Cc1ccc(N2CCN(C(=O)CCO[C@H]3C[C@@H](CN)N(C4CNNC(=O)C4C(F)(F)F)C3)CC2)nc1. The zero-order valence-corrected chi connectivity index (χ0v) is 20.3. The summed E-state index contributed by atoms with van der Waals surface area (Å²) in [7, 11) is 0. The topological polar surface area (TPSA) is 140 Å². The number of nitriles is 1. The van der Waals surface area contributed by atoms with Crippen molar-refractivity contribution >= 4 is 17.6 Å². The minimum absolute atomic E-state index is 0.0528. The number of aromatic nitrogens is 1. The first-order valence-electron chi connectivity index (χ1n) is 12.3. The van der Waals surface area contributed by atoms with E-state index in [1.165, 1.54) is 6.20 Å². The molecule has 4 atom stereocenters. The maximum absolute atomic E-state index is 13.6. The van der Waals surface area contributed by atoms with Crippen molar-refractivity contribution in [1.29, 1.82) is 5.26 Å². The van der Waals surface area contributed by atoms with Gasteiger partial charge in [0.25, 0.3) is 0 Å². The maximum atomic E-state index is 13.6. The normalized spacial score (nSPS) is 27.2. The second-order valence-electron chi connectivity index (χ2n) is 9.41. The Hall–Kier alpha value is -2.99. The van der Waals surface area contributed by atoms with Gasteiger partial charge < -0.3 is 20.3 Å². The number of nitrogens with one attached hydrogen (secondary N) is 2. The number of nitrogens with zero attached hydrogens (tertiary/aromatic N) is 5. The van der Waals surface area contributed by atoms with Crippen LogP contribution in [0.3, 0.4) is 0 Å². The monoisotopic (exact) mass is 524 g/mol. The quantitative estimate of drug-likeness (QED) is 0.434. The maximum Gasteiger partial charge on any atom is 0.402 e. The lowest BCUT2D eigenvalue weighted by molar-refractivity contribution is -0.201. The molecule has 0 bridgehead atoms. The van der Waals surface area contributed by atoms with E-state index in [1.54, 1.807) is 21.9 Å². The standard InChI is InChI=1S/C23H31F3N8O3/c24-23(25,26)21-18(13-30-31-22(21)36)34-14-17(9-16(34)11-28)37-8-3-20(35)33-6-4-32(5-7-33)19-2-1-15(10-27)12-29-19/h1-2,12,16-18,21,30H,3-9,11,13-14,28H2,(H,31,36)/t16-,17-,18?,21?/m0/s1. The molecule has 11 nitrogen and oxygen atoms in total. The van der Waals surface area contributed by atoms with Gasteiger partial charge in [0.05, 0.1) is 24.7 Å². The zero-order valence-electron chi connectivity index (χ0n) is 20.3. The predicted molar refractivity (Wildman–Crippen MR) is 126 cm³/mol. The van der Waals surface area contributed by atoms with Crippen molar-refractivity contribution in [3.63, 3.8) is 0 Å².